The summed E-state index contributed by atoms with van der Waals surface area (Å²) in [6.45, 7) is 9.11. The quantitative estimate of drug-likeness (QED) is 0.231. The Bertz CT molecular complexity index is 2190. The van der Waals surface area contributed by atoms with Gasteiger partial charge in [-0.2, -0.15) is 0 Å². The first-order valence-corrected chi connectivity index (χ1v) is 13.2. The van der Waals surface area contributed by atoms with Crippen LogP contribution in [0.4, 0.5) is 0 Å². The van der Waals surface area contributed by atoms with Gasteiger partial charge in [0.1, 0.15) is 0 Å². The molecule has 0 atom stereocenters. The lowest BCUT2D eigenvalue weighted by molar-refractivity contribution is 1.16. The Morgan fingerprint density at radius 1 is 0.514 bits per heavy atom. The number of aromatic nitrogens is 2. The largest absolute Gasteiger partial charge is 0.310 e. The van der Waals surface area contributed by atoms with E-state index in [2.05, 4.69) is 116 Å². The van der Waals surface area contributed by atoms with E-state index in [1.165, 1.54) is 93.6 Å². The summed E-state index contributed by atoms with van der Waals surface area (Å²) in [7, 11) is 0. The van der Waals surface area contributed by atoms with E-state index in [1.807, 2.05) is 0 Å². The summed E-state index contributed by atoms with van der Waals surface area (Å²) in [6, 6.07) is 30.4. The molecule has 4 heterocycles. The van der Waals surface area contributed by atoms with Crippen LogP contribution in [-0.2, 0) is 0 Å². The van der Waals surface area contributed by atoms with Crippen LogP contribution in [0.3, 0.4) is 0 Å². The molecule has 0 spiro atoms. The van der Waals surface area contributed by atoms with Gasteiger partial charge in [0, 0.05) is 38.4 Å². The molecule has 0 bridgehead atoms. The lowest BCUT2D eigenvalue weighted by Gasteiger charge is -2.33. The van der Waals surface area contributed by atoms with Gasteiger partial charge in [0.15, 0.2) is 0 Å². The first kappa shape index (κ1) is 19.9. The third-order valence-electron chi connectivity index (χ3n) is 8.98. The topological polar surface area (TPSA) is 9.86 Å². The summed E-state index contributed by atoms with van der Waals surface area (Å²) in [5, 5.41) is 5.46. The van der Waals surface area contributed by atoms with E-state index in [9.17, 15) is 0 Å². The number of fused-ring (bicyclic) bond motifs is 11. The average Bonchev–Trinajstić information content (AvgIpc) is 3.40. The first-order valence-electron chi connectivity index (χ1n) is 13.2. The lowest BCUT2D eigenvalue weighted by Crippen LogP contribution is -2.59. The number of benzene rings is 5. The zero-order valence-corrected chi connectivity index (χ0v) is 21.5. The maximum atomic E-state index is 2.56. The molecule has 9 rings (SSSR count). The van der Waals surface area contributed by atoms with Crippen LogP contribution in [0.5, 0.6) is 0 Å². The molecule has 0 aliphatic carbocycles. The van der Waals surface area contributed by atoms with Crippen molar-refractivity contribution in [3.8, 4) is 11.4 Å². The van der Waals surface area contributed by atoms with Crippen molar-refractivity contribution >= 4 is 66.7 Å². The monoisotopic (exact) mass is 472 g/mol. The SMILES string of the molecule is Cc1ccc2c(c1)B1c3c(ccc4c5cc(C)ccc5n-2c34)-n2c3ccc(C)cc3c3c(C)ccc1c32. The molecule has 0 fully saturated rings. The number of aryl methyl sites for hydroxylation is 4. The molecule has 0 unspecified atom stereocenters. The Kier molecular flexibility index (Phi) is 3.42. The van der Waals surface area contributed by atoms with Crippen LogP contribution in [0.2, 0.25) is 0 Å². The predicted molar refractivity (Wildman–Crippen MR) is 159 cm³/mol. The second-order valence-electron chi connectivity index (χ2n) is 11.3. The molecule has 0 N–H and O–H groups in total. The van der Waals surface area contributed by atoms with E-state index in [4.69, 9.17) is 0 Å². The highest BCUT2D eigenvalue weighted by atomic mass is 15.0. The molecule has 2 aromatic heterocycles. The molecule has 174 valence electrons. The van der Waals surface area contributed by atoms with Crippen LogP contribution in [0.25, 0.3) is 55.0 Å². The van der Waals surface area contributed by atoms with Gasteiger partial charge in [-0.25, -0.2) is 0 Å². The number of nitrogens with zero attached hydrogens (tertiary/aromatic N) is 2. The van der Waals surface area contributed by atoms with Crippen molar-refractivity contribution in [2.75, 3.05) is 0 Å². The highest BCUT2D eigenvalue weighted by Gasteiger charge is 2.40. The molecule has 0 saturated carbocycles. The van der Waals surface area contributed by atoms with E-state index in [0.29, 0.717) is 0 Å². The van der Waals surface area contributed by atoms with E-state index in [-0.39, 0.29) is 6.71 Å². The van der Waals surface area contributed by atoms with Gasteiger partial charge in [0.05, 0.1) is 16.6 Å². The second kappa shape index (κ2) is 6.36. The van der Waals surface area contributed by atoms with Crippen molar-refractivity contribution in [2.45, 2.75) is 27.7 Å². The molecule has 3 heteroatoms. The molecule has 2 aliphatic heterocycles. The summed E-state index contributed by atoms with van der Waals surface area (Å²) in [6.07, 6.45) is 0. The fraction of sp³-hybridized carbons (Fsp3) is 0.118. The third-order valence-corrected chi connectivity index (χ3v) is 8.98. The fourth-order valence-electron chi connectivity index (χ4n) is 7.49. The van der Waals surface area contributed by atoms with E-state index < -0.39 is 0 Å². The van der Waals surface area contributed by atoms with Gasteiger partial charge in [0.2, 0.25) is 0 Å². The van der Waals surface area contributed by atoms with Gasteiger partial charge in [-0.3, -0.25) is 0 Å². The van der Waals surface area contributed by atoms with Gasteiger partial charge >= 0.3 is 0 Å². The van der Waals surface area contributed by atoms with Crippen LogP contribution in [0.1, 0.15) is 22.3 Å². The molecule has 7 aromatic rings. The van der Waals surface area contributed by atoms with Gasteiger partial charge in [-0.05, 0) is 86.0 Å². The molecule has 37 heavy (non-hydrogen) atoms. The Hall–Kier alpha value is -4.24. The number of hydrogen-bond donors (Lipinski definition) is 0. The number of rotatable bonds is 0. The minimum atomic E-state index is 0.215. The van der Waals surface area contributed by atoms with Crippen molar-refractivity contribution < 1.29 is 0 Å². The average molecular weight is 472 g/mol. The molecule has 2 aliphatic rings. The van der Waals surface area contributed by atoms with Crippen molar-refractivity contribution in [1.82, 2.24) is 9.13 Å². The molecule has 0 saturated heterocycles. The van der Waals surface area contributed by atoms with Crippen LogP contribution in [0, 0.1) is 27.7 Å². The Balaban J connectivity index is 1.60. The van der Waals surface area contributed by atoms with Crippen LogP contribution < -0.4 is 16.4 Å². The van der Waals surface area contributed by atoms with Gasteiger partial charge in [-0.1, -0.05) is 59.2 Å². The minimum Gasteiger partial charge on any atom is -0.310 e. The maximum absolute atomic E-state index is 2.56. The van der Waals surface area contributed by atoms with E-state index in [1.54, 1.807) is 0 Å². The lowest BCUT2D eigenvalue weighted by atomic mass is 9.34. The smallest absolute Gasteiger partial charge is 0.252 e. The normalized spacial score (nSPS) is 13.4. The first-order chi connectivity index (χ1) is 18.0. The van der Waals surface area contributed by atoms with Crippen LogP contribution in [-0.4, -0.2) is 15.8 Å². The van der Waals surface area contributed by atoms with Crippen molar-refractivity contribution in [3.63, 3.8) is 0 Å². The van der Waals surface area contributed by atoms with E-state index >= 15 is 0 Å². The highest BCUT2D eigenvalue weighted by molar-refractivity contribution is 7.00. The van der Waals surface area contributed by atoms with Crippen molar-refractivity contribution in [3.05, 3.63) is 101 Å². The zero-order chi connectivity index (χ0) is 24.7. The summed E-state index contributed by atoms with van der Waals surface area (Å²) in [5.41, 5.74) is 17.6. The minimum absolute atomic E-state index is 0.215. The van der Waals surface area contributed by atoms with Gasteiger partial charge in [-0.15, -0.1) is 0 Å². The van der Waals surface area contributed by atoms with Crippen molar-refractivity contribution in [2.24, 2.45) is 0 Å². The Morgan fingerprint density at radius 3 is 1.97 bits per heavy atom. The maximum Gasteiger partial charge on any atom is 0.252 e. The molecule has 0 radical (unpaired) electrons. The summed E-state index contributed by atoms with van der Waals surface area (Å²) in [5.74, 6) is 0. The van der Waals surface area contributed by atoms with Crippen LogP contribution in [0.15, 0.2) is 78.9 Å². The summed E-state index contributed by atoms with van der Waals surface area (Å²) < 4.78 is 5.10. The Labute approximate surface area is 215 Å². The summed E-state index contributed by atoms with van der Waals surface area (Å²) >= 11 is 0. The molecule has 5 aromatic carbocycles. The van der Waals surface area contributed by atoms with Crippen molar-refractivity contribution in [1.29, 1.82) is 0 Å². The van der Waals surface area contributed by atoms with Gasteiger partial charge in [0.25, 0.3) is 6.71 Å². The third kappa shape index (κ3) is 2.21. The van der Waals surface area contributed by atoms with Gasteiger partial charge < -0.3 is 9.13 Å². The molecule has 2 nitrogen and oxygen atoms in total. The standard InChI is InChI=1S/C34H25BN2/c1-18-5-11-27-23(15-18)22-9-14-30-32-33(22)36(27)29-13-7-20(3)17-26(29)35(32)25-10-8-21(4)31-24-16-19(2)6-12-28(24)37(30)34(25)31/h5-17H,1-4H3. The second-order valence-corrected chi connectivity index (χ2v) is 11.3. The zero-order valence-electron chi connectivity index (χ0n) is 21.5. The van der Waals surface area contributed by atoms with E-state index in [0.717, 1.165) is 0 Å². The molecule has 0 amide bonds. The predicted octanol–water partition coefficient (Wildman–Crippen LogP) is 6.26. The highest BCUT2D eigenvalue weighted by Crippen LogP contribution is 2.40. The fourth-order valence-corrected chi connectivity index (χ4v) is 7.49. The Morgan fingerprint density at radius 2 is 1.16 bits per heavy atom. The molecular formula is C34H25BN2. The number of hydrogen-bond acceptors (Lipinski definition) is 0. The molecular weight excluding hydrogens is 447 g/mol. The summed E-state index contributed by atoms with van der Waals surface area (Å²) in [4.78, 5) is 0. The van der Waals surface area contributed by atoms with Crippen LogP contribution >= 0.6 is 0 Å².